The van der Waals surface area contributed by atoms with E-state index >= 15 is 8.78 Å². The van der Waals surface area contributed by atoms with Crippen LogP contribution in [0, 0.1) is 29.1 Å². The Kier molecular flexibility index (Phi) is 7.87. The van der Waals surface area contributed by atoms with Crippen LogP contribution in [0.1, 0.15) is 50.2 Å². The fourth-order valence-corrected chi connectivity index (χ4v) is 4.55. The van der Waals surface area contributed by atoms with Crippen molar-refractivity contribution >= 4 is 0 Å². The second kappa shape index (κ2) is 10.9. The highest BCUT2D eigenvalue weighted by Gasteiger charge is 2.28. The Balaban J connectivity index is 1.63. The number of halogens is 5. The summed E-state index contributed by atoms with van der Waals surface area (Å²) in [4.78, 5) is 0. The summed E-state index contributed by atoms with van der Waals surface area (Å²) >= 11 is 0. The van der Waals surface area contributed by atoms with Gasteiger partial charge in [-0.2, -0.15) is 0 Å². The maximum absolute atomic E-state index is 15.0. The van der Waals surface area contributed by atoms with Crippen molar-refractivity contribution in [2.75, 3.05) is 13.2 Å². The molecule has 3 aromatic carbocycles. The molecule has 0 bridgehead atoms. The Hall–Kier alpha value is -2.77. The number of hydrogen-bond acceptors (Lipinski definition) is 2. The molecule has 0 spiro atoms. The van der Waals surface area contributed by atoms with Gasteiger partial charge in [0.15, 0.2) is 29.6 Å². The quantitative estimate of drug-likeness (QED) is 0.313. The molecule has 1 aliphatic heterocycles. The average molecular weight is 491 g/mol. The summed E-state index contributed by atoms with van der Waals surface area (Å²) in [6, 6.07) is 9.27. The molecule has 2 nitrogen and oxygen atoms in total. The van der Waals surface area contributed by atoms with Crippen LogP contribution in [0.3, 0.4) is 0 Å². The third kappa shape index (κ3) is 5.11. The fourth-order valence-electron chi connectivity index (χ4n) is 4.55. The Morgan fingerprint density at radius 2 is 1.46 bits per heavy atom. The number of hydrogen-bond donors (Lipinski definition) is 0. The van der Waals surface area contributed by atoms with E-state index in [0.717, 1.165) is 12.5 Å². The molecule has 0 aromatic heterocycles. The highest BCUT2D eigenvalue weighted by Crippen LogP contribution is 2.37. The average Bonchev–Trinajstić information content (AvgIpc) is 2.85. The smallest absolute Gasteiger partial charge is 0.167 e. The Labute approximate surface area is 201 Å². The molecule has 0 N–H and O–H groups in total. The van der Waals surface area contributed by atoms with Crippen molar-refractivity contribution in [1.29, 1.82) is 0 Å². The van der Waals surface area contributed by atoms with Gasteiger partial charge < -0.3 is 9.47 Å². The molecule has 4 rings (SSSR count). The topological polar surface area (TPSA) is 18.5 Å². The van der Waals surface area contributed by atoms with Gasteiger partial charge >= 0.3 is 0 Å². The van der Waals surface area contributed by atoms with Crippen LogP contribution in [-0.2, 0) is 15.9 Å². The first kappa shape index (κ1) is 25.3. The molecule has 2 unspecified atom stereocenters. The van der Waals surface area contributed by atoms with E-state index in [-0.39, 0.29) is 41.1 Å². The highest BCUT2D eigenvalue weighted by molar-refractivity contribution is 5.72. The molecule has 1 fully saturated rings. The molecule has 0 amide bonds. The van der Waals surface area contributed by atoms with E-state index in [2.05, 4.69) is 0 Å². The molecular weight excluding hydrogens is 463 g/mol. The molecule has 1 aliphatic rings. The zero-order valence-corrected chi connectivity index (χ0v) is 19.6. The first-order valence-electron chi connectivity index (χ1n) is 11.8. The zero-order chi connectivity index (χ0) is 25.1. The summed E-state index contributed by atoms with van der Waals surface area (Å²) in [6.07, 6.45) is 2.00. The van der Waals surface area contributed by atoms with E-state index in [0.29, 0.717) is 31.4 Å². The lowest BCUT2D eigenvalue weighted by Gasteiger charge is -2.29. The second-order valence-corrected chi connectivity index (χ2v) is 8.67. The third-order valence-corrected chi connectivity index (χ3v) is 6.39. The maximum Gasteiger partial charge on any atom is 0.167 e. The van der Waals surface area contributed by atoms with E-state index in [1.807, 2.05) is 13.8 Å². The first-order valence-corrected chi connectivity index (χ1v) is 11.8. The number of rotatable bonds is 7. The van der Waals surface area contributed by atoms with E-state index in [9.17, 15) is 13.2 Å². The van der Waals surface area contributed by atoms with Crippen molar-refractivity contribution in [2.24, 2.45) is 0 Å². The van der Waals surface area contributed by atoms with Gasteiger partial charge in [-0.1, -0.05) is 49.7 Å². The van der Waals surface area contributed by atoms with Gasteiger partial charge in [-0.25, -0.2) is 22.0 Å². The van der Waals surface area contributed by atoms with Crippen LogP contribution >= 0.6 is 0 Å². The van der Waals surface area contributed by atoms with Crippen molar-refractivity contribution in [3.63, 3.8) is 0 Å². The molecule has 7 heteroatoms. The molecule has 1 heterocycles. The minimum atomic E-state index is -1.33. The van der Waals surface area contributed by atoms with Gasteiger partial charge in [0.2, 0.25) is 0 Å². The summed E-state index contributed by atoms with van der Waals surface area (Å²) in [6.45, 7) is 4.42. The van der Waals surface area contributed by atoms with Crippen LogP contribution in [0.5, 0.6) is 0 Å². The van der Waals surface area contributed by atoms with Crippen molar-refractivity contribution in [1.82, 2.24) is 0 Å². The summed E-state index contributed by atoms with van der Waals surface area (Å²) in [5, 5.41) is 0. The molecule has 2 atom stereocenters. The standard InChI is InChI=1S/C28H27F5O2/c1-3-5-16-6-7-17(14-23(16)29)19-9-11-21(27(32)25(19)30)22-12-10-20(26(31)28(22)33)18-8-13-24(34-4-2)35-15-18/h6-7,9-12,14,18,24H,3-5,8,13,15H2,1-2H3. The minimum absolute atomic E-state index is 0.126. The van der Waals surface area contributed by atoms with Crippen LogP contribution in [0.25, 0.3) is 22.3 Å². The van der Waals surface area contributed by atoms with E-state index < -0.39 is 34.6 Å². The summed E-state index contributed by atoms with van der Waals surface area (Å²) in [7, 11) is 0. The highest BCUT2D eigenvalue weighted by atomic mass is 19.2. The largest absolute Gasteiger partial charge is 0.353 e. The molecule has 0 radical (unpaired) electrons. The van der Waals surface area contributed by atoms with Gasteiger partial charge in [-0.15, -0.1) is 0 Å². The van der Waals surface area contributed by atoms with Gasteiger partial charge in [-0.05, 0) is 48.9 Å². The lowest BCUT2D eigenvalue weighted by atomic mass is 9.90. The van der Waals surface area contributed by atoms with Crippen LogP contribution in [0.15, 0.2) is 42.5 Å². The monoisotopic (exact) mass is 490 g/mol. The van der Waals surface area contributed by atoms with E-state index in [1.165, 1.54) is 30.3 Å². The molecular formula is C28H27F5O2. The third-order valence-electron chi connectivity index (χ3n) is 6.39. The predicted molar refractivity (Wildman–Crippen MR) is 124 cm³/mol. The van der Waals surface area contributed by atoms with Gasteiger partial charge in [-0.3, -0.25) is 0 Å². The van der Waals surface area contributed by atoms with Crippen LogP contribution in [0.4, 0.5) is 22.0 Å². The Morgan fingerprint density at radius 3 is 2.09 bits per heavy atom. The maximum atomic E-state index is 15.0. The second-order valence-electron chi connectivity index (χ2n) is 8.67. The summed E-state index contributed by atoms with van der Waals surface area (Å²) in [5.41, 5.74) is -0.176. The molecule has 1 saturated heterocycles. The van der Waals surface area contributed by atoms with Crippen LogP contribution in [0.2, 0.25) is 0 Å². The van der Waals surface area contributed by atoms with Crippen molar-refractivity contribution in [3.8, 4) is 22.3 Å². The van der Waals surface area contributed by atoms with Gasteiger partial charge in [0, 0.05) is 29.2 Å². The molecule has 35 heavy (non-hydrogen) atoms. The normalized spacial score (nSPS) is 18.1. The first-order chi connectivity index (χ1) is 16.8. The zero-order valence-electron chi connectivity index (χ0n) is 19.6. The lowest BCUT2D eigenvalue weighted by Crippen LogP contribution is -2.27. The number of benzene rings is 3. The minimum Gasteiger partial charge on any atom is -0.353 e. The predicted octanol–water partition coefficient (Wildman–Crippen LogP) is 7.93. The van der Waals surface area contributed by atoms with Crippen molar-refractivity contribution in [3.05, 3.63) is 82.7 Å². The summed E-state index contributed by atoms with van der Waals surface area (Å²) < 4.78 is 85.3. The number of ether oxygens (including phenoxy) is 2. The molecule has 0 saturated carbocycles. The van der Waals surface area contributed by atoms with Gasteiger partial charge in [0.1, 0.15) is 5.82 Å². The lowest BCUT2D eigenvalue weighted by molar-refractivity contribution is -0.164. The Bertz CT molecular complexity index is 1200. The van der Waals surface area contributed by atoms with Crippen molar-refractivity contribution in [2.45, 2.75) is 51.7 Å². The van der Waals surface area contributed by atoms with Crippen LogP contribution in [-0.4, -0.2) is 19.5 Å². The van der Waals surface area contributed by atoms with Crippen LogP contribution < -0.4 is 0 Å². The van der Waals surface area contributed by atoms with E-state index in [4.69, 9.17) is 9.47 Å². The SMILES string of the molecule is CCCc1ccc(-c2ccc(-c3ccc(C4CCC(OCC)OC4)c(F)c3F)c(F)c2F)cc1F. The molecule has 0 aliphatic carbocycles. The molecule has 186 valence electrons. The van der Waals surface area contributed by atoms with Gasteiger partial charge in [0.05, 0.1) is 6.61 Å². The van der Waals surface area contributed by atoms with Gasteiger partial charge in [0.25, 0.3) is 0 Å². The number of aryl methyl sites for hydroxylation is 1. The molecule has 3 aromatic rings. The van der Waals surface area contributed by atoms with E-state index in [1.54, 1.807) is 6.07 Å². The summed E-state index contributed by atoms with van der Waals surface area (Å²) in [5.74, 6) is -5.82. The fraction of sp³-hybridized carbons (Fsp3) is 0.357. The Morgan fingerprint density at radius 1 is 0.800 bits per heavy atom. The van der Waals surface area contributed by atoms with Crippen molar-refractivity contribution < 1.29 is 31.4 Å².